The van der Waals surface area contributed by atoms with Crippen LogP contribution in [0.5, 0.6) is 0 Å². The number of hydrogen-bond donors (Lipinski definition) is 2. The normalized spacial score (nSPS) is 12.8. The summed E-state index contributed by atoms with van der Waals surface area (Å²) in [5, 5.41) is 13.0. The second-order valence-corrected chi connectivity index (χ2v) is 8.56. The summed E-state index contributed by atoms with van der Waals surface area (Å²) in [6, 6.07) is 23.8. The molecule has 0 aliphatic rings. The molecule has 0 radical (unpaired) electrons. The largest absolute Gasteiger partial charge is 0.328 e. The highest BCUT2D eigenvalue weighted by molar-refractivity contribution is 6.35. The molecule has 1 amide bonds. The van der Waals surface area contributed by atoms with E-state index in [2.05, 4.69) is 79.0 Å². The number of carbonyl (C=O) groups excluding carboxylic acids is 1. The van der Waals surface area contributed by atoms with Gasteiger partial charge in [0.1, 0.15) is 0 Å². The van der Waals surface area contributed by atoms with Crippen molar-refractivity contribution in [2.45, 2.75) is 45.1 Å². The Kier molecular flexibility index (Phi) is 5.21. The van der Waals surface area contributed by atoms with Crippen molar-refractivity contribution in [3.8, 4) is 0 Å². The van der Waals surface area contributed by atoms with Crippen LogP contribution in [-0.2, 0) is 4.79 Å². The predicted octanol–water partition coefficient (Wildman–Crippen LogP) is 6.97. The number of hydrogen-bond acceptors (Lipinski definition) is 2. The van der Waals surface area contributed by atoms with Gasteiger partial charge in [-0.2, -0.15) is 0 Å². The van der Waals surface area contributed by atoms with Crippen LogP contribution in [0.1, 0.15) is 39.0 Å². The van der Waals surface area contributed by atoms with Crippen molar-refractivity contribution in [2.75, 3.05) is 5.32 Å². The van der Waals surface area contributed by atoms with Gasteiger partial charge in [-0.05, 0) is 63.0 Å². The summed E-state index contributed by atoms with van der Waals surface area (Å²) >= 11 is 0. The number of amides is 1. The minimum Gasteiger partial charge on any atom is -0.328 e. The molecule has 31 heavy (non-hydrogen) atoms. The van der Waals surface area contributed by atoms with Gasteiger partial charge in [-0.15, -0.1) is 0 Å². The fraction of sp³-hybridized carbons (Fsp3) is 0.250. The second kappa shape index (κ2) is 8.16. The first-order chi connectivity index (χ1) is 15.2. The van der Waals surface area contributed by atoms with E-state index in [0.717, 1.165) is 36.8 Å². The standard InChI is InChI=1S/C28H28N2O/c1-2-20(29)11-3-4-15-25(31)30-24-17-16-19-10-6-13-22-21-12-5-8-18-9-7-14-23(26(18)21)28(24)27(19)22/h5-10,12-14,16-17,20H,2-4,11,15,29H2,1H3,(H,30,31). The summed E-state index contributed by atoms with van der Waals surface area (Å²) in [7, 11) is 0. The number of nitrogens with one attached hydrogen (secondary N) is 1. The van der Waals surface area contributed by atoms with Gasteiger partial charge < -0.3 is 11.1 Å². The number of nitrogens with two attached hydrogens (primary N) is 1. The lowest BCUT2D eigenvalue weighted by Crippen LogP contribution is -2.18. The van der Waals surface area contributed by atoms with E-state index in [-0.39, 0.29) is 11.9 Å². The molecule has 0 saturated heterocycles. The van der Waals surface area contributed by atoms with E-state index in [4.69, 9.17) is 5.73 Å². The van der Waals surface area contributed by atoms with Crippen LogP contribution in [0.2, 0.25) is 0 Å². The Morgan fingerprint density at radius 3 is 2.16 bits per heavy atom. The van der Waals surface area contributed by atoms with Crippen molar-refractivity contribution in [3.63, 3.8) is 0 Å². The van der Waals surface area contributed by atoms with Gasteiger partial charge in [0.25, 0.3) is 0 Å². The van der Waals surface area contributed by atoms with Gasteiger partial charge in [-0.3, -0.25) is 4.79 Å². The van der Waals surface area contributed by atoms with Crippen LogP contribution in [0.15, 0.2) is 66.7 Å². The molecule has 5 aromatic rings. The molecule has 3 heteroatoms. The molecule has 156 valence electrons. The van der Waals surface area contributed by atoms with E-state index >= 15 is 0 Å². The number of unbranched alkanes of at least 4 members (excludes halogenated alkanes) is 1. The van der Waals surface area contributed by atoms with E-state index in [9.17, 15) is 4.79 Å². The molecule has 0 aliphatic heterocycles. The van der Waals surface area contributed by atoms with E-state index in [1.807, 2.05) is 0 Å². The average Bonchev–Trinajstić information content (AvgIpc) is 2.80. The SMILES string of the molecule is CCC(N)CCCCC(=O)Nc1ccc2cccc3c4cccc5cccc(c1c23)c54. The van der Waals surface area contributed by atoms with Gasteiger partial charge in [0.05, 0.1) is 0 Å². The lowest BCUT2D eigenvalue weighted by molar-refractivity contribution is -0.116. The van der Waals surface area contributed by atoms with Crippen LogP contribution in [0.3, 0.4) is 0 Å². The van der Waals surface area contributed by atoms with Crippen molar-refractivity contribution >= 4 is 54.7 Å². The zero-order valence-corrected chi connectivity index (χ0v) is 17.9. The predicted molar refractivity (Wildman–Crippen MR) is 133 cm³/mol. The van der Waals surface area contributed by atoms with Crippen LogP contribution < -0.4 is 11.1 Å². The van der Waals surface area contributed by atoms with Gasteiger partial charge in [-0.1, -0.05) is 74.0 Å². The molecule has 5 aromatic carbocycles. The van der Waals surface area contributed by atoms with Crippen LogP contribution in [0, 0.1) is 0 Å². The topological polar surface area (TPSA) is 55.1 Å². The van der Waals surface area contributed by atoms with Crippen LogP contribution in [0.25, 0.3) is 43.1 Å². The molecule has 0 aliphatic carbocycles. The maximum absolute atomic E-state index is 12.8. The average molecular weight is 409 g/mol. The molecule has 0 fully saturated rings. The van der Waals surface area contributed by atoms with E-state index < -0.39 is 0 Å². The van der Waals surface area contributed by atoms with Crippen molar-refractivity contribution in [3.05, 3.63) is 66.7 Å². The Morgan fingerprint density at radius 1 is 0.806 bits per heavy atom. The van der Waals surface area contributed by atoms with Crippen molar-refractivity contribution in [2.24, 2.45) is 5.73 Å². The Bertz CT molecular complexity index is 1380. The van der Waals surface area contributed by atoms with Gasteiger partial charge in [-0.25, -0.2) is 0 Å². The molecule has 0 bridgehead atoms. The Morgan fingerprint density at radius 2 is 1.45 bits per heavy atom. The first-order valence-corrected chi connectivity index (χ1v) is 11.3. The maximum Gasteiger partial charge on any atom is 0.224 e. The molecule has 3 N–H and O–H groups in total. The molecule has 0 spiro atoms. The van der Waals surface area contributed by atoms with Gasteiger partial charge in [0.2, 0.25) is 5.91 Å². The summed E-state index contributed by atoms with van der Waals surface area (Å²) in [4.78, 5) is 12.8. The summed E-state index contributed by atoms with van der Waals surface area (Å²) < 4.78 is 0. The Hall–Kier alpha value is -3.17. The summed E-state index contributed by atoms with van der Waals surface area (Å²) in [6.07, 6.45) is 4.35. The first-order valence-electron chi connectivity index (χ1n) is 11.3. The highest BCUT2D eigenvalue weighted by Gasteiger charge is 2.16. The number of benzene rings is 5. The molecule has 5 rings (SSSR count). The van der Waals surface area contributed by atoms with Gasteiger partial charge >= 0.3 is 0 Å². The molecule has 0 saturated carbocycles. The molecule has 1 atom stereocenters. The Labute approximate surface area is 182 Å². The first kappa shape index (κ1) is 19.8. The van der Waals surface area contributed by atoms with E-state index in [1.165, 1.54) is 37.7 Å². The third-order valence-electron chi connectivity index (χ3n) is 6.54. The highest BCUT2D eigenvalue weighted by Crippen LogP contribution is 2.43. The van der Waals surface area contributed by atoms with Crippen LogP contribution in [0.4, 0.5) is 5.69 Å². The fourth-order valence-corrected chi connectivity index (χ4v) is 4.87. The third kappa shape index (κ3) is 3.49. The van der Waals surface area contributed by atoms with E-state index in [1.54, 1.807) is 0 Å². The summed E-state index contributed by atoms with van der Waals surface area (Å²) in [5.74, 6) is 0.0733. The molecule has 0 heterocycles. The van der Waals surface area contributed by atoms with Gasteiger partial charge in [0.15, 0.2) is 0 Å². The van der Waals surface area contributed by atoms with Crippen molar-refractivity contribution < 1.29 is 4.79 Å². The third-order valence-corrected chi connectivity index (χ3v) is 6.54. The lowest BCUT2D eigenvalue weighted by Gasteiger charge is -2.17. The molecule has 1 unspecified atom stereocenters. The smallest absolute Gasteiger partial charge is 0.224 e. The van der Waals surface area contributed by atoms with Crippen molar-refractivity contribution in [1.82, 2.24) is 0 Å². The molecule has 3 nitrogen and oxygen atoms in total. The lowest BCUT2D eigenvalue weighted by atomic mass is 9.89. The van der Waals surface area contributed by atoms with Crippen LogP contribution in [-0.4, -0.2) is 11.9 Å². The summed E-state index contributed by atoms with van der Waals surface area (Å²) in [5.41, 5.74) is 6.90. The Balaban J connectivity index is 1.58. The summed E-state index contributed by atoms with van der Waals surface area (Å²) in [6.45, 7) is 2.11. The highest BCUT2D eigenvalue weighted by atomic mass is 16.1. The number of rotatable bonds is 7. The molecular formula is C28H28N2O. The van der Waals surface area contributed by atoms with Crippen molar-refractivity contribution in [1.29, 1.82) is 0 Å². The van der Waals surface area contributed by atoms with Crippen LogP contribution >= 0.6 is 0 Å². The zero-order chi connectivity index (χ0) is 21.4. The quantitative estimate of drug-likeness (QED) is 0.173. The maximum atomic E-state index is 12.8. The zero-order valence-electron chi connectivity index (χ0n) is 17.9. The molecular weight excluding hydrogens is 380 g/mol. The number of carbonyl (C=O) groups is 1. The fourth-order valence-electron chi connectivity index (χ4n) is 4.87. The van der Waals surface area contributed by atoms with Gasteiger partial charge in [0, 0.05) is 23.5 Å². The second-order valence-electron chi connectivity index (χ2n) is 8.56. The minimum absolute atomic E-state index is 0.0733. The molecule has 0 aromatic heterocycles. The number of anilines is 1. The van der Waals surface area contributed by atoms with E-state index in [0.29, 0.717) is 6.42 Å². The minimum atomic E-state index is 0.0733. The number of fused-ring (bicyclic) bond motifs is 2. The monoisotopic (exact) mass is 408 g/mol.